The molecule has 1 saturated heterocycles. The van der Waals surface area contributed by atoms with Crippen LogP contribution in [0.5, 0.6) is 0 Å². The number of carbonyl (C=O) groups excluding carboxylic acids is 2. The lowest BCUT2D eigenvalue weighted by atomic mass is 10.0. The van der Waals surface area contributed by atoms with Crippen molar-refractivity contribution in [3.05, 3.63) is 40.3 Å². The molecule has 124 valence electrons. The Morgan fingerprint density at radius 2 is 2.21 bits per heavy atom. The number of aromatic nitrogens is 1. The highest BCUT2D eigenvalue weighted by molar-refractivity contribution is 7.09. The molecule has 6 nitrogen and oxygen atoms in total. The molecule has 2 amide bonds. The summed E-state index contributed by atoms with van der Waals surface area (Å²) in [6.07, 6.45) is 4.86. The largest absolute Gasteiger partial charge is 0.374 e. The number of benzene rings is 1. The van der Waals surface area contributed by atoms with Crippen molar-refractivity contribution in [2.45, 2.75) is 25.3 Å². The van der Waals surface area contributed by atoms with Gasteiger partial charge >= 0.3 is 0 Å². The van der Waals surface area contributed by atoms with E-state index in [2.05, 4.69) is 15.6 Å². The van der Waals surface area contributed by atoms with Gasteiger partial charge in [0.2, 0.25) is 5.91 Å². The molecule has 0 spiro atoms. The van der Waals surface area contributed by atoms with Crippen molar-refractivity contribution < 1.29 is 9.59 Å². The predicted octanol–water partition coefficient (Wildman–Crippen LogP) is 2.87. The van der Waals surface area contributed by atoms with Crippen molar-refractivity contribution in [2.24, 2.45) is 0 Å². The zero-order valence-corrected chi connectivity index (χ0v) is 13.9. The number of anilines is 2. The normalized spacial score (nSPS) is 20.1. The van der Waals surface area contributed by atoms with Crippen LogP contribution in [-0.4, -0.2) is 34.8 Å². The number of carbonyl (C=O) groups is 2. The third-order valence-electron chi connectivity index (χ3n) is 4.48. The second-order valence-electron chi connectivity index (χ2n) is 6.04. The molecule has 0 unspecified atom stereocenters. The van der Waals surface area contributed by atoms with Gasteiger partial charge in [0, 0.05) is 23.7 Å². The summed E-state index contributed by atoms with van der Waals surface area (Å²) in [6, 6.07) is 5.48. The van der Waals surface area contributed by atoms with E-state index >= 15 is 0 Å². The van der Waals surface area contributed by atoms with Gasteiger partial charge in [-0.1, -0.05) is 0 Å². The number of nitrogens with one attached hydrogen (secondary N) is 2. The fraction of sp³-hybridized carbons (Fsp3) is 0.353. The molecule has 1 aromatic carbocycles. The lowest BCUT2D eigenvalue weighted by Crippen LogP contribution is -2.38. The van der Waals surface area contributed by atoms with Crippen LogP contribution in [0.15, 0.2) is 29.8 Å². The van der Waals surface area contributed by atoms with Gasteiger partial charge in [0.1, 0.15) is 5.01 Å². The molecule has 2 aliphatic rings. The number of nitrogens with zero attached hydrogens (tertiary/aromatic N) is 2. The Kier molecular flexibility index (Phi) is 3.93. The Labute approximate surface area is 143 Å². The molecule has 2 aliphatic heterocycles. The molecule has 1 fully saturated rings. The smallest absolute Gasteiger partial charge is 0.254 e. The van der Waals surface area contributed by atoms with E-state index in [1.54, 1.807) is 23.6 Å². The second kappa shape index (κ2) is 6.24. The van der Waals surface area contributed by atoms with Crippen molar-refractivity contribution in [2.75, 3.05) is 23.7 Å². The maximum absolute atomic E-state index is 13.0. The van der Waals surface area contributed by atoms with E-state index in [0.29, 0.717) is 11.3 Å². The van der Waals surface area contributed by atoms with Crippen LogP contribution in [0, 0.1) is 0 Å². The van der Waals surface area contributed by atoms with Crippen LogP contribution >= 0.6 is 11.3 Å². The van der Waals surface area contributed by atoms with Crippen LogP contribution in [0.3, 0.4) is 0 Å². The van der Waals surface area contributed by atoms with Crippen LogP contribution in [0.1, 0.15) is 40.7 Å². The minimum absolute atomic E-state index is 0.00229. The average molecular weight is 342 g/mol. The van der Waals surface area contributed by atoms with Gasteiger partial charge in [0.15, 0.2) is 0 Å². The van der Waals surface area contributed by atoms with Crippen molar-refractivity contribution in [3.63, 3.8) is 0 Å². The quantitative estimate of drug-likeness (QED) is 0.880. The first-order valence-corrected chi connectivity index (χ1v) is 8.98. The van der Waals surface area contributed by atoms with E-state index in [1.165, 1.54) is 0 Å². The molecule has 2 N–H and O–H groups in total. The monoisotopic (exact) mass is 342 g/mol. The first-order chi connectivity index (χ1) is 11.7. The van der Waals surface area contributed by atoms with Crippen LogP contribution in [-0.2, 0) is 4.79 Å². The number of amides is 2. The molecule has 1 atom stereocenters. The maximum atomic E-state index is 13.0. The number of thiazole rings is 1. The zero-order valence-electron chi connectivity index (χ0n) is 13.1. The molecule has 3 heterocycles. The van der Waals surface area contributed by atoms with Crippen LogP contribution in [0.25, 0.3) is 0 Å². The highest BCUT2D eigenvalue weighted by atomic mass is 32.1. The fourth-order valence-electron chi connectivity index (χ4n) is 3.30. The second-order valence-corrected chi connectivity index (χ2v) is 6.97. The first-order valence-electron chi connectivity index (χ1n) is 8.10. The first kappa shape index (κ1) is 15.1. The summed E-state index contributed by atoms with van der Waals surface area (Å²) in [7, 11) is 0. The van der Waals surface area contributed by atoms with Gasteiger partial charge in [0.25, 0.3) is 5.91 Å². The highest BCUT2D eigenvalue weighted by Gasteiger charge is 2.30. The molecular formula is C17H18N4O2S. The third kappa shape index (κ3) is 2.75. The van der Waals surface area contributed by atoms with Gasteiger partial charge in [-0.05, 0) is 37.5 Å². The van der Waals surface area contributed by atoms with Gasteiger partial charge in [0.05, 0.1) is 24.0 Å². The molecule has 0 radical (unpaired) electrons. The molecule has 1 aromatic heterocycles. The predicted molar refractivity (Wildman–Crippen MR) is 93.3 cm³/mol. The minimum Gasteiger partial charge on any atom is -0.374 e. The van der Waals surface area contributed by atoms with Crippen molar-refractivity contribution in [1.29, 1.82) is 0 Å². The summed E-state index contributed by atoms with van der Waals surface area (Å²) in [6.45, 7) is 1.00. The molecule has 0 bridgehead atoms. The Morgan fingerprint density at radius 1 is 1.29 bits per heavy atom. The number of hydrogen-bond donors (Lipinski definition) is 2. The van der Waals surface area contributed by atoms with E-state index in [-0.39, 0.29) is 24.4 Å². The van der Waals surface area contributed by atoms with Crippen molar-refractivity contribution in [1.82, 2.24) is 9.88 Å². The number of piperidine rings is 1. The van der Waals surface area contributed by atoms with E-state index in [1.807, 2.05) is 22.4 Å². The van der Waals surface area contributed by atoms with Gasteiger partial charge < -0.3 is 15.5 Å². The summed E-state index contributed by atoms with van der Waals surface area (Å²) in [4.78, 5) is 30.9. The minimum atomic E-state index is -0.0919. The SMILES string of the molecule is O=C1CNc2ccc(C(=O)N3CCCC[C@@H]3c3nccs3)cc2N1. The molecular weight excluding hydrogens is 324 g/mol. The number of fused-ring (bicyclic) bond motifs is 1. The third-order valence-corrected chi connectivity index (χ3v) is 5.36. The van der Waals surface area contributed by atoms with E-state index in [4.69, 9.17) is 0 Å². The van der Waals surface area contributed by atoms with E-state index < -0.39 is 0 Å². The van der Waals surface area contributed by atoms with Crippen molar-refractivity contribution in [3.8, 4) is 0 Å². The summed E-state index contributed by atoms with van der Waals surface area (Å²) in [5.74, 6) is -0.0942. The molecule has 0 saturated carbocycles. The summed E-state index contributed by atoms with van der Waals surface area (Å²) in [5, 5.41) is 8.81. The van der Waals surface area contributed by atoms with E-state index in [0.717, 1.165) is 36.5 Å². The molecule has 4 rings (SSSR count). The lowest BCUT2D eigenvalue weighted by molar-refractivity contribution is -0.114. The summed E-state index contributed by atoms with van der Waals surface area (Å²) in [5.41, 5.74) is 2.11. The Bertz CT molecular complexity index is 775. The van der Waals surface area contributed by atoms with Gasteiger partial charge in [-0.2, -0.15) is 0 Å². The number of hydrogen-bond acceptors (Lipinski definition) is 5. The summed E-state index contributed by atoms with van der Waals surface area (Å²) < 4.78 is 0. The van der Waals surface area contributed by atoms with Crippen LogP contribution in [0.2, 0.25) is 0 Å². The lowest BCUT2D eigenvalue weighted by Gasteiger charge is -2.34. The topological polar surface area (TPSA) is 74.3 Å². The zero-order chi connectivity index (χ0) is 16.5. The van der Waals surface area contributed by atoms with Crippen LogP contribution in [0.4, 0.5) is 11.4 Å². The van der Waals surface area contributed by atoms with Gasteiger partial charge in [-0.25, -0.2) is 4.98 Å². The number of rotatable bonds is 2. The van der Waals surface area contributed by atoms with Gasteiger partial charge in [-0.15, -0.1) is 11.3 Å². The fourth-order valence-corrected chi connectivity index (χ4v) is 4.09. The van der Waals surface area contributed by atoms with E-state index in [9.17, 15) is 9.59 Å². The molecule has 24 heavy (non-hydrogen) atoms. The number of likely N-dealkylation sites (tertiary alicyclic amines) is 1. The highest BCUT2D eigenvalue weighted by Crippen LogP contribution is 2.34. The van der Waals surface area contributed by atoms with Crippen molar-refractivity contribution >= 4 is 34.5 Å². The molecule has 7 heteroatoms. The standard InChI is InChI=1S/C17H18N4O2S/c22-15-10-19-12-5-4-11(9-13(12)20-15)17(23)21-7-2-1-3-14(21)16-18-6-8-24-16/h4-6,8-9,14,19H,1-3,7,10H2,(H,20,22)/t14-/m1/s1. The Balaban J connectivity index is 1.62. The maximum Gasteiger partial charge on any atom is 0.254 e. The average Bonchev–Trinajstić information content (AvgIpc) is 3.15. The molecule has 0 aliphatic carbocycles. The Hall–Kier alpha value is -2.41. The molecule has 2 aromatic rings. The van der Waals surface area contributed by atoms with Crippen LogP contribution < -0.4 is 10.6 Å². The van der Waals surface area contributed by atoms with Gasteiger partial charge in [-0.3, -0.25) is 9.59 Å². The summed E-state index contributed by atoms with van der Waals surface area (Å²) >= 11 is 1.60. The Morgan fingerprint density at radius 3 is 3.04 bits per heavy atom.